The Bertz CT molecular complexity index is 880. The van der Waals surface area contributed by atoms with Crippen molar-refractivity contribution in [2.24, 2.45) is 0 Å². The quantitative estimate of drug-likeness (QED) is 0.754. The number of pyridine rings is 1. The second kappa shape index (κ2) is 5.18. The number of H-pyrrole nitrogens is 1. The highest BCUT2D eigenvalue weighted by molar-refractivity contribution is 6.34. The van der Waals surface area contributed by atoms with Crippen molar-refractivity contribution >= 4 is 22.8 Å². The van der Waals surface area contributed by atoms with Crippen molar-refractivity contribution in [2.45, 2.75) is 6.54 Å². The maximum absolute atomic E-state index is 13.1. The van der Waals surface area contributed by atoms with E-state index in [0.717, 1.165) is 0 Å². The molecule has 4 nitrogen and oxygen atoms in total. The van der Waals surface area contributed by atoms with Gasteiger partial charge in [-0.2, -0.15) is 0 Å². The van der Waals surface area contributed by atoms with Gasteiger partial charge >= 0.3 is 5.69 Å². The zero-order valence-electron chi connectivity index (χ0n) is 10.9. The van der Waals surface area contributed by atoms with Gasteiger partial charge in [0.05, 0.1) is 10.5 Å². The van der Waals surface area contributed by atoms with Crippen LogP contribution in [0, 0.1) is 5.82 Å². The lowest BCUT2D eigenvalue weighted by Crippen LogP contribution is -2.15. The lowest BCUT2D eigenvalue weighted by atomic mass is 10.1. The van der Waals surface area contributed by atoms with E-state index in [9.17, 15) is 9.18 Å². The Morgan fingerprint density at radius 2 is 2.10 bits per heavy atom. The monoisotopic (exact) mass is 303 g/mol. The minimum Gasteiger partial charge on any atom is -0.290 e. The van der Waals surface area contributed by atoms with Crippen molar-refractivity contribution in [3.8, 4) is 11.1 Å². The number of aromatic nitrogens is 3. The summed E-state index contributed by atoms with van der Waals surface area (Å²) in [6.07, 6.45) is 3.08. The van der Waals surface area contributed by atoms with Crippen molar-refractivity contribution in [3.05, 3.63) is 64.4 Å². The summed E-state index contributed by atoms with van der Waals surface area (Å²) in [5, 5.41) is 0.394. The molecular weight excluding hydrogens is 293 g/mol. The number of rotatable bonds is 3. The highest BCUT2D eigenvalue weighted by Gasteiger charge is 2.16. The highest BCUT2D eigenvalue weighted by Crippen LogP contribution is 2.33. The lowest BCUT2D eigenvalue weighted by molar-refractivity contribution is 0.628. The molecule has 0 fully saturated rings. The first-order chi connectivity index (χ1) is 10.1. The van der Waals surface area contributed by atoms with E-state index in [1.807, 2.05) is 0 Å². The number of hydrogen-bond donors (Lipinski definition) is 1. The fraction of sp³-hybridized carbons (Fsp3) is 0.0667. The van der Waals surface area contributed by atoms with Crippen LogP contribution in [-0.2, 0) is 6.54 Å². The Kier molecular flexibility index (Phi) is 3.35. The molecule has 2 aromatic heterocycles. The molecule has 0 unspecified atom stereocenters. The van der Waals surface area contributed by atoms with E-state index >= 15 is 0 Å². The van der Waals surface area contributed by atoms with Crippen LogP contribution in [0.4, 0.5) is 4.39 Å². The van der Waals surface area contributed by atoms with Crippen LogP contribution in [0.15, 0.2) is 47.9 Å². The smallest absolute Gasteiger partial charge is 0.290 e. The third-order valence-electron chi connectivity index (χ3n) is 3.19. The Labute approximate surface area is 124 Å². The van der Waals surface area contributed by atoms with Crippen LogP contribution < -0.4 is 5.69 Å². The highest BCUT2D eigenvalue weighted by atomic mass is 35.5. The first kappa shape index (κ1) is 13.6. The molecule has 0 saturated heterocycles. The number of nitrogens with one attached hydrogen (secondary N) is 1. The summed E-state index contributed by atoms with van der Waals surface area (Å²) in [6.45, 7) is 3.97. The SMILES string of the molecule is C=CCn1c(=O)[nH]c2ncc(Cl)c(-c3ccc(F)cc3)c21. The molecule has 0 radical (unpaired) electrons. The van der Waals surface area contributed by atoms with Gasteiger partial charge in [0, 0.05) is 18.3 Å². The van der Waals surface area contributed by atoms with E-state index in [1.165, 1.54) is 22.9 Å². The minimum atomic E-state index is -0.335. The van der Waals surface area contributed by atoms with Gasteiger partial charge in [0.25, 0.3) is 0 Å². The molecule has 0 amide bonds. The molecule has 0 bridgehead atoms. The zero-order chi connectivity index (χ0) is 15.0. The molecule has 1 aromatic carbocycles. The first-order valence-electron chi connectivity index (χ1n) is 6.25. The van der Waals surface area contributed by atoms with Crippen LogP contribution in [-0.4, -0.2) is 14.5 Å². The maximum Gasteiger partial charge on any atom is 0.327 e. The number of benzene rings is 1. The Morgan fingerprint density at radius 3 is 2.76 bits per heavy atom. The molecule has 3 rings (SSSR count). The van der Waals surface area contributed by atoms with Gasteiger partial charge < -0.3 is 0 Å². The van der Waals surface area contributed by atoms with Crippen molar-refractivity contribution in [1.82, 2.24) is 14.5 Å². The van der Waals surface area contributed by atoms with E-state index in [-0.39, 0.29) is 11.5 Å². The lowest BCUT2D eigenvalue weighted by Gasteiger charge is -2.08. The molecule has 0 aliphatic heterocycles. The summed E-state index contributed by atoms with van der Waals surface area (Å²) < 4.78 is 14.6. The second-order valence-corrected chi connectivity index (χ2v) is 4.92. The molecule has 3 aromatic rings. The van der Waals surface area contributed by atoms with Gasteiger partial charge in [-0.3, -0.25) is 9.55 Å². The van der Waals surface area contributed by atoms with Crippen molar-refractivity contribution in [3.63, 3.8) is 0 Å². The zero-order valence-corrected chi connectivity index (χ0v) is 11.7. The number of aromatic amines is 1. The molecule has 1 N–H and O–H groups in total. The average Bonchev–Trinajstić information content (AvgIpc) is 2.78. The molecule has 0 saturated carbocycles. The van der Waals surface area contributed by atoms with Crippen molar-refractivity contribution < 1.29 is 4.39 Å². The van der Waals surface area contributed by atoms with Crippen LogP contribution in [0.2, 0.25) is 5.02 Å². The number of allylic oxidation sites excluding steroid dienone is 1. The number of nitrogens with zero attached hydrogens (tertiary/aromatic N) is 2. The normalized spacial score (nSPS) is 11.0. The van der Waals surface area contributed by atoms with Crippen molar-refractivity contribution in [1.29, 1.82) is 0 Å². The van der Waals surface area contributed by atoms with Crippen LogP contribution in [0.3, 0.4) is 0 Å². The van der Waals surface area contributed by atoms with Crippen molar-refractivity contribution in [2.75, 3.05) is 0 Å². The molecule has 0 aliphatic carbocycles. The van der Waals surface area contributed by atoms with E-state index in [1.54, 1.807) is 18.2 Å². The molecule has 21 heavy (non-hydrogen) atoms. The Morgan fingerprint density at radius 1 is 1.38 bits per heavy atom. The molecule has 6 heteroatoms. The van der Waals surface area contributed by atoms with Gasteiger partial charge in [-0.15, -0.1) is 6.58 Å². The largest absolute Gasteiger partial charge is 0.327 e. The third kappa shape index (κ3) is 2.25. The summed E-state index contributed by atoms with van der Waals surface area (Å²) in [7, 11) is 0. The van der Waals surface area contributed by atoms with Gasteiger partial charge in [-0.1, -0.05) is 29.8 Å². The number of halogens is 2. The van der Waals surface area contributed by atoms with E-state index in [2.05, 4.69) is 16.5 Å². The summed E-state index contributed by atoms with van der Waals surface area (Å²) >= 11 is 6.25. The second-order valence-electron chi connectivity index (χ2n) is 4.51. The van der Waals surface area contributed by atoms with Gasteiger partial charge in [-0.05, 0) is 17.7 Å². The van der Waals surface area contributed by atoms with Crippen LogP contribution >= 0.6 is 11.6 Å². The first-order valence-corrected chi connectivity index (χ1v) is 6.63. The topological polar surface area (TPSA) is 50.7 Å². The summed E-state index contributed by atoms with van der Waals surface area (Å²) in [5.74, 6) is -0.335. The fourth-order valence-corrected chi connectivity index (χ4v) is 2.54. The molecule has 0 aliphatic rings. The fourth-order valence-electron chi connectivity index (χ4n) is 2.30. The average molecular weight is 304 g/mol. The predicted octanol–water partition coefficient (Wildman–Crippen LogP) is 3.37. The summed E-state index contributed by atoms with van der Waals surface area (Å²) in [6, 6.07) is 5.93. The minimum absolute atomic E-state index is 0.289. The van der Waals surface area contributed by atoms with Crippen LogP contribution in [0.5, 0.6) is 0 Å². The molecule has 106 valence electrons. The number of fused-ring (bicyclic) bond motifs is 1. The van der Waals surface area contributed by atoms with E-state index in [0.29, 0.717) is 33.9 Å². The van der Waals surface area contributed by atoms with Crippen LogP contribution in [0.1, 0.15) is 0 Å². The molecule has 0 spiro atoms. The molecule has 0 atom stereocenters. The van der Waals surface area contributed by atoms with E-state index < -0.39 is 0 Å². The third-order valence-corrected chi connectivity index (χ3v) is 3.48. The van der Waals surface area contributed by atoms with Gasteiger partial charge in [0.2, 0.25) is 0 Å². The summed E-state index contributed by atoms with van der Waals surface area (Å²) in [4.78, 5) is 18.8. The van der Waals surface area contributed by atoms with E-state index in [4.69, 9.17) is 11.6 Å². The maximum atomic E-state index is 13.1. The molecular formula is C15H11ClFN3O. The molecule has 2 heterocycles. The van der Waals surface area contributed by atoms with Gasteiger partial charge in [-0.25, -0.2) is 14.2 Å². The Balaban J connectivity index is 2.39. The Hall–Kier alpha value is -2.40. The standard InChI is InChI=1S/C15H11ClFN3O/c1-2-7-20-13-12(9-3-5-10(17)6-4-9)11(16)8-18-14(13)19-15(20)21/h2-6,8H,1,7H2,(H,18,19,21). The number of imidazole rings is 1. The number of hydrogen-bond acceptors (Lipinski definition) is 2. The predicted molar refractivity (Wildman–Crippen MR) is 81.0 cm³/mol. The van der Waals surface area contributed by atoms with Crippen LogP contribution in [0.25, 0.3) is 22.3 Å². The van der Waals surface area contributed by atoms with Gasteiger partial charge in [0.15, 0.2) is 5.65 Å². The van der Waals surface area contributed by atoms with Gasteiger partial charge in [0.1, 0.15) is 5.82 Å². The summed E-state index contributed by atoms with van der Waals surface area (Å²) in [5.41, 5.74) is 2.08.